The van der Waals surface area contributed by atoms with Gasteiger partial charge in [0.05, 0.1) is 17.8 Å². The molecule has 0 radical (unpaired) electrons. The molecule has 0 bridgehead atoms. The van der Waals surface area contributed by atoms with Gasteiger partial charge in [-0.2, -0.15) is 0 Å². The van der Waals surface area contributed by atoms with Crippen LogP contribution in [-0.4, -0.2) is 24.9 Å². The number of carbonyl (C=O) groups is 2. The zero-order valence-electron chi connectivity index (χ0n) is 15.8. The van der Waals surface area contributed by atoms with Crippen LogP contribution in [0.5, 0.6) is 0 Å². The van der Waals surface area contributed by atoms with E-state index in [0.717, 1.165) is 30.1 Å². The van der Waals surface area contributed by atoms with Crippen molar-refractivity contribution in [1.82, 2.24) is 0 Å². The standard InChI is InChI=1S/C22H24N2O2S/c1-13(2)15-5-6-18-17(11-15)21(25)22(26)24(18)12-23-9-7-19-16(8-10-27-19)20(23)14-3-4-14/h5-6,8,10-11,13-14,20H,3-4,7,9,12H2,1-2H3/p+1/t20-/m1/s1. The molecule has 1 aliphatic carbocycles. The van der Waals surface area contributed by atoms with Crippen LogP contribution in [0.25, 0.3) is 0 Å². The van der Waals surface area contributed by atoms with Crippen molar-refractivity contribution in [2.75, 3.05) is 18.1 Å². The molecule has 4 nitrogen and oxygen atoms in total. The van der Waals surface area contributed by atoms with Crippen LogP contribution in [-0.2, 0) is 11.2 Å². The molecule has 1 fully saturated rings. The molecule has 5 heteroatoms. The Labute approximate surface area is 163 Å². The molecule has 140 valence electrons. The summed E-state index contributed by atoms with van der Waals surface area (Å²) in [4.78, 5) is 30.1. The van der Waals surface area contributed by atoms with Crippen molar-refractivity contribution < 1.29 is 14.5 Å². The number of quaternary nitrogens is 1. The molecule has 2 atom stereocenters. The van der Waals surface area contributed by atoms with E-state index < -0.39 is 0 Å². The van der Waals surface area contributed by atoms with E-state index in [0.29, 0.717) is 24.2 Å². The summed E-state index contributed by atoms with van der Waals surface area (Å²) in [5.41, 5.74) is 3.98. The SMILES string of the molecule is CC(C)c1ccc2c(c1)C(=O)C(=O)N2C[NH+]1CCc2sccc2[C@H]1C1CC1. The number of nitrogens with zero attached hydrogens (tertiary/aromatic N) is 1. The second-order valence-electron chi connectivity index (χ2n) is 8.42. The number of hydrogen-bond acceptors (Lipinski definition) is 3. The van der Waals surface area contributed by atoms with E-state index >= 15 is 0 Å². The molecule has 1 aromatic carbocycles. The lowest BCUT2D eigenvalue weighted by Crippen LogP contribution is -3.15. The van der Waals surface area contributed by atoms with Gasteiger partial charge in [-0.05, 0) is 47.9 Å². The lowest BCUT2D eigenvalue weighted by Gasteiger charge is -2.35. The third-order valence-electron chi connectivity index (χ3n) is 6.34. The smallest absolute Gasteiger partial charge is 0.303 e. The van der Waals surface area contributed by atoms with Gasteiger partial charge in [-0.1, -0.05) is 19.9 Å². The molecule has 1 amide bonds. The fourth-order valence-corrected chi connectivity index (χ4v) is 5.64. The van der Waals surface area contributed by atoms with Crippen molar-refractivity contribution in [2.45, 2.75) is 45.1 Å². The van der Waals surface area contributed by atoms with Crippen molar-refractivity contribution in [2.24, 2.45) is 5.92 Å². The fraction of sp³-hybridized carbons (Fsp3) is 0.455. The Morgan fingerprint density at radius 2 is 2.04 bits per heavy atom. The topological polar surface area (TPSA) is 41.8 Å². The maximum absolute atomic E-state index is 12.8. The molecule has 1 saturated carbocycles. The van der Waals surface area contributed by atoms with Crippen molar-refractivity contribution >= 4 is 28.7 Å². The Morgan fingerprint density at radius 3 is 2.78 bits per heavy atom. The summed E-state index contributed by atoms with van der Waals surface area (Å²) >= 11 is 1.86. The Hall–Kier alpha value is -1.98. The molecule has 2 aromatic rings. The number of Topliss-reactive ketones (excluding diaryl/α,β-unsaturated/α-hetero) is 1. The molecular formula is C22H25N2O2S+. The van der Waals surface area contributed by atoms with Crippen molar-refractivity contribution in [1.29, 1.82) is 0 Å². The van der Waals surface area contributed by atoms with E-state index in [2.05, 4.69) is 31.4 Å². The highest BCUT2D eigenvalue weighted by molar-refractivity contribution is 7.10. The van der Waals surface area contributed by atoms with Gasteiger partial charge < -0.3 is 4.90 Å². The van der Waals surface area contributed by atoms with E-state index in [1.165, 1.54) is 28.2 Å². The number of anilines is 1. The number of ketones is 1. The summed E-state index contributed by atoms with van der Waals surface area (Å²) in [5, 5.41) is 2.20. The first kappa shape index (κ1) is 17.1. The predicted molar refractivity (Wildman–Crippen MR) is 107 cm³/mol. The minimum absolute atomic E-state index is 0.344. The van der Waals surface area contributed by atoms with Crippen LogP contribution in [0.2, 0.25) is 0 Å². The molecule has 27 heavy (non-hydrogen) atoms. The minimum Gasteiger partial charge on any atom is -0.311 e. The monoisotopic (exact) mass is 381 g/mol. The van der Waals surface area contributed by atoms with Gasteiger partial charge in [-0.25, -0.2) is 0 Å². The Morgan fingerprint density at radius 1 is 1.22 bits per heavy atom. The number of rotatable bonds is 4. The third kappa shape index (κ3) is 2.75. The first-order chi connectivity index (χ1) is 13.0. The van der Waals surface area contributed by atoms with Crippen molar-refractivity contribution in [3.05, 3.63) is 51.2 Å². The summed E-state index contributed by atoms with van der Waals surface area (Å²) in [5.74, 6) is 0.369. The first-order valence-electron chi connectivity index (χ1n) is 9.95. The molecule has 5 rings (SSSR count). The molecule has 0 spiro atoms. The molecule has 3 aliphatic rings. The average molecular weight is 382 g/mol. The molecule has 1 N–H and O–H groups in total. The van der Waals surface area contributed by atoms with Crippen LogP contribution in [0, 0.1) is 5.92 Å². The maximum atomic E-state index is 12.8. The fourth-order valence-electron chi connectivity index (χ4n) is 4.71. The molecule has 1 aromatic heterocycles. The summed E-state index contributed by atoms with van der Waals surface area (Å²) < 4.78 is 0. The lowest BCUT2D eigenvalue weighted by atomic mass is 9.96. The van der Waals surface area contributed by atoms with Crippen LogP contribution in [0.3, 0.4) is 0 Å². The van der Waals surface area contributed by atoms with Crippen LogP contribution < -0.4 is 9.80 Å². The Kier molecular flexibility index (Phi) is 3.99. The molecule has 2 aliphatic heterocycles. The van der Waals surface area contributed by atoms with Gasteiger partial charge in [0.15, 0.2) is 6.67 Å². The van der Waals surface area contributed by atoms with E-state index in [9.17, 15) is 9.59 Å². The van der Waals surface area contributed by atoms with Gasteiger partial charge in [-0.15, -0.1) is 11.3 Å². The number of hydrogen-bond donors (Lipinski definition) is 1. The summed E-state index contributed by atoms with van der Waals surface area (Å²) in [6.45, 7) is 5.84. The van der Waals surface area contributed by atoms with Gasteiger partial charge in [-0.3, -0.25) is 14.5 Å². The van der Waals surface area contributed by atoms with Crippen LogP contribution in [0.4, 0.5) is 5.69 Å². The third-order valence-corrected chi connectivity index (χ3v) is 7.34. The molecule has 3 heterocycles. The number of nitrogens with one attached hydrogen (secondary N) is 1. The number of benzene rings is 1. The van der Waals surface area contributed by atoms with E-state index in [1.54, 1.807) is 4.90 Å². The number of fused-ring (bicyclic) bond motifs is 2. The van der Waals surface area contributed by atoms with Gasteiger partial charge in [0.1, 0.15) is 6.04 Å². The summed E-state index contributed by atoms with van der Waals surface area (Å²) in [6, 6.07) is 8.70. The van der Waals surface area contributed by atoms with Gasteiger partial charge in [0.25, 0.3) is 5.78 Å². The second kappa shape index (κ2) is 6.28. The molecular weight excluding hydrogens is 356 g/mol. The lowest BCUT2D eigenvalue weighted by molar-refractivity contribution is -0.935. The number of thiophene rings is 1. The van der Waals surface area contributed by atoms with Crippen LogP contribution in [0.1, 0.15) is 65.0 Å². The highest BCUT2D eigenvalue weighted by atomic mass is 32.1. The van der Waals surface area contributed by atoms with Crippen LogP contribution in [0.15, 0.2) is 29.6 Å². The highest BCUT2D eigenvalue weighted by Crippen LogP contribution is 2.42. The van der Waals surface area contributed by atoms with E-state index in [-0.39, 0.29) is 11.7 Å². The predicted octanol–water partition coefficient (Wildman–Crippen LogP) is 2.95. The summed E-state index contributed by atoms with van der Waals surface area (Å²) in [6.07, 6.45) is 3.63. The van der Waals surface area contributed by atoms with Gasteiger partial charge in [0, 0.05) is 22.8 Å². The normalized spacial score (nSPS) is 24.5. The zero-order chi connectivity index (χ0) is 18.7. The molecule has 0 saturated heterocycles. The Balaban J connectivity index is 1.46. The van der Waals surface area contributed by atoms with Crippen molar-refractivity contribution in [3.63, 3.8) is 0 Å². The Bertz CT molecular complexity index is 928. The largest absolute Gasteiger partial charge is 0.311 e. The number of carbonyl (C=O) groups excluding carboxylic acids is 2. The van der Waals surface area contributed by atoms with Crippen LogP contribution >= 0.6 is 11.3 Å². The first-order valence-corrected chi connectivity index (χ1v) is 10.8. The second-order valence-corrected chi connectivity index (χ2v) is 9.42. The average Bonchev–Trinajstić information content (AvgIpc) is 3.34. The minimum atomic E-state index is -0.357. The van der Waals surface area contributed by atoms with Gasteiger partial charge in [0.2, 0.25) is 0 Å². The molecule has 1 unspecified atom stereocenters. The van der Waals surface area contributed by atoms with E-state index in [4.69, 9.17) is 0 Å². The quantitative estimate of drug-likeness (QED) is 0.828. The summed E-state index contributed by atoms with van der Waals surface area (Å²) in [7, 11) is 0. The zero-order valence-corrected chi connectivity index (χ0v) is 16.6. The van der Waals surface area contributed by atoms with E-state index in [1.807, 2.05) is 23.5 Å². The maximum Gasteiger partial charge on any atom is 0.303 e. The van der Waals surface area contributed by atoms with Crippen molar-refractivity contribution in [3.8, 4) is 0 Å². The van der Waals surface area contributed by atoms with Gasteiger partial charge >= 0.3 is 5.91 Å². The highest BCUT2D eigenvalue weighted by Gasteiger charge is 2.46. The number of amides is 1.